The Labute approximate surface area is 211 Å². The molecule has 2 atom stereocenters. The number of phenols is 1. The van der Waals surface area contributed by atoms with Crippen molar-refractivity contribution in [2.24, 2.45) is 0 Å². The first-order valence-electron chi connectivity index (χ1n) is 11.2. The van der Waals surface area contributed by atoms with Crippen molar-refractivity contribution in [1.82, 2.24) is 5.32 Å². The number of aliphatic hydroxyl groups is 1. The summed E-state index contributed by atoms with van der Waals surface area (Å²) >= 11 is 0. The molecule has 0 spiro atoms. The van der Waals surface area contributed by atoms with Crippen LogP contribution in [0.3, 0.4) is 0 Å². The number of nitrogens with one attached hydrogen (secondary N) is 3. The molecular weight excluding hydrogens is 482 g/mol. The van der Waals surface area contributed by atoms with Gasteiger partial charge in [-0.15, -0.1) is 0 Å². The number of methoxy groups -OCH3 is 1. The van der Waals surface area contributed by atoms with E-state index in [1.807, 2.05) is 25.1 Å². The van der Waals surface area contributed by atoms with Gasteiger partial charge >= 0.3 is 0 Å². The second-order valence-electron chi connectivity index (χ2n) is 8.72. The third-order valence-electron chi connectivity index (χ3n) is 5.75. The van der Waals surface area contributed by atoms with Crippen molar-refractivity contribution in [2.45, 2.75) is 25.5 Å². The summed E-state index contributed by atoms with van der Waals surface area (Å²) in [5, 5.41) is 26.9. The predicted molar refractivity (Wildman–Crippen MR) is 140 cm³/mol. The monoisotopic (exact) mass is 513 g/mol. The smallest absolute Gasteiger partial charge is 0.249 e. The average molecular weight is 514 g/mol. The normalized spacial score (nSPS) is 13.9. The molecular formula is C26H31N3O6S. The number of rotatable bonds is 10. The number of sulfonamides is 1. The summed E-state index contributed by atoms with van der Waals surface area (Å²) in [5.74, 6) is 0.0239. The molecule has 0 radical (unpaired) electrons. The van der Waals surface area contributed by atoms with Gasteiger partial charge in [0.25, 0.3) is 0 Å². The third-order valence-corrected chi connectivity index (χ3v) is 6.34. The maximum atomic E-state index is 13.5. The molecule has 0 fully saturated rings. The van der Waals surface area contributed by atoms with Crippen LogP contribution >= 0.6 is 0 Å². The number of ether oxygens (including phenoxy) is 1. The Hall–Kier alpha value is -3.60. The van der Waals surface area contributed by atoms with Crippen LogP contribution in [-0.2, 0) is 20.4 Å². The molecule has 3 aromatic carbocycles. The van der Waals surface area contributed by atoms with Crippen LogP contribution in [0.2, 0.25) is 0 Å². The minimum atomic E-state index is -3.63. The largest absolute Gasteiger partial charge is 0.506 e. The lowest BCUT2D eigenvalue weighted by Gasteiger charge is -2.31. The van der Waals surface area contributed by atoms with Gasteiger partial charge in [-0.2, -0.15) is 0 Å². The van der Waals surface area contributed by atoms with Crippen LogP contribution in [0.25, 0.3) is 0 Å². The van der Waals surface area contributed by atoms with Crippen molar-refractivity contribution in [3.8, 4) is 11.5 Å². The number of amides is 1. The molecule has 0 saturated carbocycles. The molecule has 9 nitrogen and oxygen atoms in total. The zero-order valence-corrected chi connectivity index (χ0v) is 21.4. The van der Waals surface area contributed by atoms with Crippen LogP contribution in [0.1, 0.15) is 29.7 Å². The summed E-state index contributed by atoms with van der Waals surface area (Å²) in [5.41, 5.74) is 1.32. The second kappa shape index (κ2) is 11.0. The highest BCUT2D eigenvalue weighted by molar-refractivity contribution is 7.92. The van der Waals surface area contributed by atoms with Crippen LogP contribution in [0.5, 0.6) is 11.5 Å². The number of aromatic hydroxyl groups is 1. The molecule has 0 aliphatic rings. The van der Waals surface area contributed by atoms with Crippen LogP contribution in [0, 0.1) is 6.92 Å². The topological polar surface area (TPSA) is 137 Å². The third kappa shape index (κ3) is 6.75. The van der Waals surface area contributed by atoms with E-state index in [1.165, 1.54) is 18.2 Å². The molecule has 0 aliphatic heterocycles. The first-order chi connectivity index (χ1) is 16.9. The number of hydrogen-bond acceptors (Lipinski definition) is 7. The van der Waals surface area contributed by atoms with Crippen molar-refractivity contribution >= 4 is 27.3 Å². The predicted octanol–water partition coefficient (Wildman–Crippen LogP) is 3.26. The Balaban J connectivity index is 1.87. The molecule has 36 heavy (non-hydrogen) atoms. The molecule has 3 rings (SSSR count). The molecule has 5 N–H and O–H groups in total. The van der Waals surface area contributed by atoms with Crippen LogP contribution in [0.4, 0.5) is 11.4 Å². The molecule has 192 valence electrons. The number of aliphatic hydroxyl groups excluding tert-OH is 1. The number of aryl methyl sites for hydroxylation is 1. The van der Waals surface area contributed by atoms with Gasteiger partial charge in [0.1, 0.15) is 17.0 Å². The van der Waals surface area contributed by atoms with Crippen molar-refractivity contribution in [3.63, 3.8) is 0 Å². The Morgan fingerprint density at radius 1 is 1.08 bits per heavy atom. The minimum Gasteiger partial charge on any atom is -0.506 e. The molecule has 0 aromatic heterocycles. The SMILES string of the molecule is COc1ccc([C@](C)(NC[C@H](O)c2ccc(O)c(NS(C)(=O)=O)c2)C(=O)Nc2cccc(C)c2)cc1. The van der Waals surface area contributed by atoms with E-state index in [-0.39, 0.29) is 23.9 Å². The summed E-state index contributed by atoms with van der Waals surface area (Å²) in [6.07, 6.45) is -0.153. The lowest BCUT2D eigenvalue weighted by molar-refractivity contribution is -0.122. The zero-order valence-electron chi connectivity index (χ0n) is 20.6. The van der Waals surface area contributed by atoms with E-state index >= 15 is 0 Å². The average Bonchev–Trinajstić information content (AvgIpc) is 2.83. The van der Waals surface area contributed by atoms with Gasteiger partial charge in [0.05, 0.1) is 25.2 Å². The van der Waals surface area contributed by atoms with Crippen molar-refractivity contribution < 1.29 is 28.2 Å². The van der Waals surface area contributed by atoms with Gasteiger partial charge in [0, 0.05) is 12.2 Å². The fourth-order valence-electron chi connectivity index (χ4n) is 3.68. The minimum absolute atomic E-state index is 0.0488. The van der Waals surface area contributed by atoms with Gasteiger partial charge in [0.15, 0.2) is 0 Å². The highest BCUT2D eigenvalue weighted by Gasteiger charge is 2.35. The fourth-order valence-corrected chi connectivity index (χ4v) is 4.24. The van der Waals surface area contributed by atoms with E-state index in [9.17, 15) is 23.4 Å². The Bertz CT molecular complexity index is 1330. The van der Waals surface area contributed by atoms with Crippen molar-refractivity contribution in [3.05, 3.63) is 83.4 Å². The molecule has 0 bridgehead atoms. The summed E-state index contributed by atoms with van der Waals surface area (Å²) in [4.78, 5) is 13.5. The molecule has 10 heteroatoms. The van der Waals surface area contributed by atoms with E-state index in [2.05, 4.69) is 15.4 Å². The first-order valence-corrected chi connectivity index (χ1v) is 13.1. The van der Waals surface area contributed by atoms with E-state index in [0.717, 1.165) is 11.8 Å². The van der Waals surface area contributed by atoms with Gasteiger partial charge in [-0.05, 0) is 66.9 Å². The lowest BCUT2D eigenvalue weighted by Crippen LogP contribution is -2.50. The number of carbonyl (C=O) groups excluding carboxylic acids is 1. The number of carbonyl (C=O) groups is 1. The van der Waals surface area contributed by atoms with E-state index in [4.69, 9.17) is 4.74 Å². The summed E-state index contributed by atoms with van der Waals surface area (Å²) in [6.45, 7) is 3.59. The summed E-state index contributed by atoms with van der Waals surface area (Å²) in [6, 6.07) is 18.6. The van der Waals surface area contributed by atoms with Crippen LogP contribution < -0.4 is 20.1 Å². The van der Waals surface area contributed by atoms with E-state index < -0.39 is 21.7 Å². The summed E-state index contributed by atoms with van der Waals surface area (Å²) < 4.78 is 30.6. The maximum Gasteiger partial charge on any atom is 0.249 e. The highest BCUT2D eigenvalue weighted by atomic mass is 32.2. The van der Waals surface area contributed by atoms with Gasteiger partial charge in [-0.1, -0.05) is 30.3 Å². The number of anilines is 2. The molecule has 0 saturated heterocycles. The zero-order chi connectivity index (χ0) is 26.5. The van der Waals surface area contributed by atoms with Gasteiger partial charge in [-0.25, -0.2) is 8.42 Å². The molecule has 0 heterocycles. The highest BCUT2D eigenvalue weighted by Crippen LogP contribution is 2.30. The van der Waals surface area contributed by atoms with E-state index in [0.29, 0.717) is 22.6 Å². The quantitative estimate of drug-likeness (QED) is 0.263. The standard InChI is InChI=1S/C26H31N3O6S/c1-17-6-5-7-20(14-17)28-25(32)26(2,19-9-11-21(35-3)12-10-19)27-16-24(31)18-8-13-23(30)22(15-18)29-36(4,33)34/h5-15,24,27,29-31H,16H2,1-4H3,(H,28,32)/t24-,26-/m0/s1. The molecule has 3 aromatic rings. The number of phenolic OH excluding ortho intramolecular Hbond substituents is 1. The Kier molecular flexibility index (Phi) is 8.24. The maximum absolute atomic E-state index is 13.5. The number of benzene rings is 3. The number of hydrogen-bond donors (Lipinski definition) is 5. The van der Waals surface area contributed by atoms with Gasteiger partial charge in [0.2, 0.25) is 15.9 Å². The fraction of sp³-hybridized carbons (Fsp3) is 0.269. The Morgan fingerprint density at radius 3 is 2.39 bits per heavy atom. The molecule has 0 unspecified atom stereocenters. The van der Waals surface area contributed by atoms with Gasteiger partial charge in [-0.3, -0.25) is 14.8 Å². The van der Waals surface area contributed by atoms with Crippen LogP contribution in [0.15, 0.2) is 66.7 Å². The van der Waals surface area contributed by atoms with Gasteiger partial charge < -0.3 is 20.3 Å². The first kappa shape index (κ1) is 27.0. The summed E-state index contributed by atoms with van der Waals surface area (Å²) in [7, 11) is -2.08. The van der Waals surface area contributed by atoms with E-state index in [1.54, 1.807) is 44.4 Å². The van der Waals surface area contributed by atoms with Crippen molar-refractivity contribution in [2.75, 3.05) is 29.9 Å². The lowest BCUT2D eigenvalue weighted by atomic mass is 9.90. The van der Waals surface area contributed by atoms with Crippen LogP contribution in [-0.4, -0.2) is 44.4 Å². The molecule has 0 aliphatic carbocycles. The second-order valence-corrected chi connectivity index (χ2v) is 10.5. The molecule has 1 amide bonds. The Morgan fingerprint density at radius 2 is 1.78 bits per heavy atom. The van der Waals surface area contributed by atoms with Crippen molar-refractivity contribution in [1.29, 1.82) is 0 Å².